The van der Waals surface area contributed by atoms with E-state index in [4.69, 9.17) is 0 Å². The molecule has 0 unspecified atom stereocenters. The maximum absolute atomic E-state index is 13.1. The van der Waals surface area contributed by atoms with Crippen molar-refractivity contribution in [2.45, 2.75) is 19.6 Å². The summed E-state index contributed by atoms with van der Waals surface area (Å²) in [4.78, 5) is 5.98. The molecule has 2 aromatic heterocycles. The summed E-state index contributed by atoms with van der Waals surface area (Å²) in [6, 6.07) is 22.2. The highest BCUT2D eigenvalue weighted by Gasteiger charge is 2.13. The Hall–Kier alpha value is -3.38. The molecule has 0 radical (unpaired) electrons. The van der Waals surface area contributed by atoms with Crippen LogP contribution in [-0.4, -0.2) is 20.0 Å². The van der Waals surface area contributed by atoms with E-state index in [1.807, 2.05) is 48.5 Å². The summed E-state index contributed by atoms with van der Waals surface area (Å²) in [5.41, 5.74) is 4.65. The van der Waals surface area contributed by atoms with Gasteiger partial charge in [-0.15, -0.1) is 0 Å². The van der Waals surface area contributed by atoms with Gasteiger partial charge >= 0.3 is 0 Å². The minimum Gasteiger partial charge on any atom is -0.305 e. The van der Waals surface area contributed by atoms with Crippen LogP contribution in [0.1, 0.15) is 17.0 Å². The summed E-state index contributed by atoms with van der Waals surface area (Å²) >= 11 is 0. The van der Waals surface area contributed by atoms with Gasteiger partial charge in [-0.3, -0.25) is 4.98 Å². The van der Waals surface area contributed by atoms with Gasteiger partial charge in [-0.1, -0.05) is 48.5 Å². The molecule has 0 atom stereocenters. The van der Waals surface area contributed by atoms with E-state index in [0.717, 1.165) is 28.2 Å². The lowest BCUT2D eigenvalue weighted by Gasteiger charge is -2.03. The highest BCUT2D eigenvalue weighted by molar-refractivity contribution is 5.60. The third kappa shape index (κ3) is 4.47. The maximum Gasteiger partial charge on any atom is 0.123 e. The van der Waals surface area contributed by atoms with Gasteiger partial charge in [0.1, 0.15) is 17.2 Å². The van der Waals surface area contributed by atoms with E-state index < -0.39 is 0 Å². The zero-order valence-electron chi connectivity index (χ0n) is 15.3. The van der Waals surface area contributed by atoms with Crippen LogP contribution in [0, 0.1) is 5.82 Å². The molecule has 0 fully saturated rings. The molecular formula is C22H20FN5. The number of hydrogen-bond donors (Lipinski definition) is 1. The monoisotopic (exact) mass is 373 g/mol. The number of pyridine rings is 1. The quantitative estimate of drug-likeness (QED) is 0.535. The largest absolute Gasteiger partial charge is 0.305 e. The molecule has 140 valence electrons. The van der Waals surface area contributed by atoms with E-state index in [0.29, 0.717) is 19.6 Å². The minimum atomic E-state index is -0.249. The molecule has 0 aliphatic carbocycles. The normalized spacial score (nSPS) is 10.9. The molecule has 2 aromatic carbocycles. The number of rotatable bonds is 7. The summed E-state index contributed by atoms with van der Waals surface area (Å²) in [7, 11) is 0. The number of hydrogen-bond acceptors (Lipinski definition) is 4. The molecule has 4 aromatic rings. The first-order chi connectivity index (χ1) is 13.8. The molecule has 6 heteroatoms. The fourth-order valence-electron chi connectivity index (χ4n) is 2.96. The Morgan fingerprint density at radius 3 is 2.36 bits per heavy atom. The molecular weight excluding hydrogens is 353 g/mol. The lowest BCUT2D eigenvalue weighted by Crippen LogP contribution is -2.15. The Labute approximate surface area is 162 Å². The van der Waals surface area contributed by atoms with E-state index in [-0.39, 0.29) is 5.82 Å². The van der Waals surface area contributed by atoms with Gasteiger partial charge in [0.25, 0.3) is 0 Å². The zero-order chi connectivity index (χ0) is 19.2. The van der Waals surface area contributed by atoms with Crippen molar-refractivity contribution < 1.29 is 4.39 Å². The molecule has 1 N–H and O–H groups in total. The van der Waals surface area contributed by atoms with Crippen LogP contribution < -0.4 is 5.32 Å². The standard InChI is InChI=1S/C22H20FN5/c23-19-11-9-17(10-12-19)16-28-26-21(15-24-14-20-8-4-5-13-25-20)22(27-28)18-6-2-1-3-7-18/h1-13,24H,14-16H2. The summed E-state index contributed by atoms with van der Waals surface area (Å²) in [5, 5.41) is 12.7. The Balaban J connectivity index is 1.54. The number of nitrogens with one attached hydrogen (secondary N) is 1. The van der Waals surface area contributed by atoms with Crippen molar-refractivity contribution in [3.63, 3.8) is 0 Å². The van der Waals surface area contributed by atoms with Crippen LogP contribution in [-0.2, 0) is 19.6 Å². The van der Waals surface area contributed by atoms with E-state index in [2.05, 4.69) is 20.5 Å². The van der Waals surface area contributed by atoms with E-state index >= 15 is 0 Å². The highest BCUT2D eigenvalue weighted by Crippen LogP contribution is 2.20. The Morgan fingerprint density at radius 2 is 1.61 bits per heavy atom. The lowest BCUT2D eigenvalue weighted by molar-refractivity contribution is 0.573. The minimum absolute atomic E-state index is 0.249. The lowest BCUT2D eigenvalue weighted by atomic mass is 10.1. The molecule has 5 nitrogen and oxygen atoms in total. The molecule has 0 aliphatic heterocycles. The van der Waals surface area contributed by atoms with Crippen molar-refractivity contribution in [1.29, 1.82) is 0 Å². The number of halogens is 1. The number of nitrogens with zero attached hydrogens (tertiary/aromatic N) is 4. The molecule has 0 aliphatic rings. The van der Waals surface area contributed by atoms with E-state index in [1.54, 1.807) is 23.1 Å². The van der Waals surface area contributed by atoms with Crippen LogP contribution in [0.2, 0.25) is 0 Å². The van der Waals surface area contributed by atoms with Crippen molar-refractivity contribution in [2.24, 2.45) is 0 Å². The number of aromatic nitrogens is 4. The fraction of sp³-hybridized carbons (Fsp3) is 0.136. The first-order valence-corrected chi connectivity index (χ1v) is 9.12. The van der Waals surface area contributed by atoms with Gasteiger partial charge < -0.3 is 5.32 Å². The average Bonchev–Trinajstić information content (AvgIpc) is 3.14. The predicted molar refractivity (Wildman–Crippen MR) is 106 cm³/mol. The Kier molecular flexibility index (Phi) is 5.49. The molecule has 4 rings (SSSR count). The van der Waals surface area contributed by atoms with E-state index in [1.165, 1.54) is 12.1 Å². The molecule has 0 bridgehead atoms. The maximum atomic E-state index is 13.1. The smallest absolute Gasteiger partial charge is 0.123 e. The second-order valence-corrected chi connectivity index (χ2v) is 6.44. The SMILES string of the molecule is Fc1ccc(Cn2nc(CNCc3ccccn3)c(-c3ccccc3)n2)cc1. The predicted octanol–water partition coefficient (Wildman–Crippen LogP) is 3.82. The van der Waals surface area contributed by atoms with Crippen LogP contribution in [0.5, 0.6) is 0 Å². The fourth-order valence-corrected chi connectivity index (χ4v) is 2.96. The summed E-state index contributed by atoms with van der Waals surface area (Å²) in [6.45, 7) is 1.71. The van der Waals surface area contributed by atoms with Crippen molar-refractivity contribution in [3.05, 3.63) is 102 Å². The second kappa shape index (κ2) is 8.54. The van der Waals surface area contributed by atoms with Gasteiger partial charge in [-0.2, -0.15) is 15.0 Å². The molecule has 0 spiro atoms. The topological polar surface area (TPSA) is 55.6 Å². The first-order valence-electron chi connectivity index (χ1n) is 9.12. The van der Waals surface area contributed by atoms with Crippen LogP contribution in [0.25, 0.3) is 11.3 Å². The zero-order valence-corrected chi connectivity index (χ0v) is 15.3. The van der Waals surface area contributed by atoms with Crippen LogP contribution in [0.4, 0.5) is 4.39 Å². The first kappa shape index (κ1) is 18.0. The number of benzene rings is 2. The highest BCUT2D eigenvalue weighted by atomic mass is 19.1. The van der Waals surface area contributed by atoms with Gasteiger partial charge in [0.15, 0.2) is 0 Å². The van der Waals surface area contributed by atoms with Gasteiger partial charge in [0.05, 0.1) is 12.2 Å². The van der Waals surface area contributed by atoms with Crippen LogP contribution >= 0.6 is 0 Å². The van der Waals surface area contributed by atoms with Crippen molar-refractivity contribution >= 4 is 0 Å². The average molecular weight is 373 g/mol. The third-order valence-corrected chi connectivity index (χ3v) is 4.33. The van der Waals surface area contributed by atoms with Gasteiger partial charge in [0, 0.05) is 24.8 Å². The van der Waals surface area contributed by atoms with Crippen molar-refractivity contribution in [3.8, 4) is 11.3 Å². The van der Waals surface area contributed by atoms with Crippen LogP contribution in [0.15, 0.2) is 79.0 Å². The van der Waals surface area contributed by atoms with Crippen molar-refractivity contribution in [2.75, 3.05) is 0 Å². The third-order valence-electron chi connectivity index (χ3n) is 4.33. The summed E-state index contributed by atoms with van der Waals surface area (Å²) < 4.78 is 13.1. The molecule has 0 saturated carbocycles. The molecule has 0 saturated heterocycles. The summed E-state index contributed by atoms with van der Waals surface area (Å²) in [6.07, 6.45) is 1.78. The molecule has 2 heterocycles. The Morgan fingerprint density at radius 1 is 0.821 bits per heavy atom. The Bertz CT molecular complexity index is 1010. The van der Waals surface area contributed by atoms with Crippen molar-refractivity contribution in [1.82, 2.24) is 25.3 Å². The van der Waals surface area contributed by atoms with Gasteiger partial charge in [-0.25, -0.2) is 4.39 Å². The molecule has 28 heavy (non-hydrogen) atoms. The van der Waals surface area contributed by atoms with E-state index in [9.17, 15) is 4.39 Å². The van der Waals surface area contributed by atoms with Gasteiger partial charge in [0.2, 0.25) is 0 Å². The molecule has 0 amide bonds. The van der Waals surface area contributed by atoms with Gasteiger partial charge in [-0.05, 0) is 29.8 Å². The summed E-state index contributed by atoms with van der Waals surface area (Å²) in [5.74, 6) is -0.249. The second-order valence-electron chi connectivity index (χ2n) is 6.44. The van der Waals surface area contributed by atoms with Crippen LogP contribution in [0.3, 0.4) is 0 Å².